The zero-order valence-corrected chi connectivity index (χ0v) is 10.7. The molecule has 0 atom stereocenters. The van der Waals surface area contributed by atoms with E-state index in [1.807, 2.05) is 26.0 Å². The van der Waals surface area contributed by atoms with Gasteiger partial charge in [-0.1, -0.05) is 17.7 Å². The molecular formula is C14H14N2O3. The van der Waals surface area contributed by atoms with Crippen LogP contribution in [-0.2, 0) is 0 Å². The molecule has 98 valence electrons. The molecule has 0 amide bonds. The van der Waals surface area contributed by atoms with Gasteiger partial charge in [-0.3, -0.25) is 0 Å². The predicted molar refractivity (Wildman–Crippen MR) is 71.6 cm³/mol. The molecule has 0 saturated heterocycles. The molecule has 5 heteroatoms. The lowest BCUT2D eigenvalue weighted by Gasteiger charge is -2.11. The van der Waals surface area contributed by atoms with Gasteiger partial charge in [0.2, 0.25) is 5.88 Å². The summed E-state index contributed by atoms with van der Waals surface area (Å²) >= 11 is 0. The number of nitrogens with zero attached hydrogens (tertiary/aromatic N) is 1. The van der Waals surface area contributed by atoms with Crippen LogP contribution in [0.2, 0.25) is 0 Å². The average molecular weight is 258 g/mol. The summed E-state index contributed by atoms with van der Waals surface area (Å²) in [6.45, 7) is 3.88. The Morgan fingerprint density at radius 2 is 2.05 bits per heavy atom. The molecule has 0 unspecified atom stereocenters. The van der Waals surface area contributed by atoms with Crippen molar-refractivity contribution in [3.8, 4) is 11.6 Å². The van der Waals surface area contributed by atoms with Gasteiger partial charge in [0.1, 0.15) is 11.4 Å². The van der Waals surface area contributed by atoms with Crippen LogP contribution in [0, 0.1) is 13.8 Å². The summed E-state index contributed by atoms with van der Waals surface area (Å²) < 4.78 is 5.59. The Hall–Kier alpha value is -2.56. The molecule has 5 nitrogen and oxygen atoms in total. The highest BCUT2D eigenvalue weighted by Crippen LogP contribution is 2.29. The first-order valence-electron chi connectivity index (χ1n) is 5.72. The van der Waals surface area contributed by atoms with Crippen molar-refractivity contribution in [2.75, 3.05) is 5.73 Å². The Bertz CT molecular complexity index is 639. The molecule has 0 aliphatic heterocycles. The normalized spacial score (nSPS) is 10.2. The zero-order chi connectivity index (χ0) is 14.0. The van der Waals surface area contributed by atoms with Gasteiger partial charge in [0.25, 0.3) is 0 Å². The van der Waals surface area contributed by atoms with E-state index in [0.29, 0.717) is 5.75 Å². The maximum absolute atomic E-state index is 11.0. The van der Waals surface area contributed by atoms with Gasteiger partial charge in [-0.15, -0.1) is 0 Å². The number of rotatable bonds is 3. The van der Waals surface area contributed by atoms with E-state index in [0.717, 1.165) is 11.1 Å². The minimum Gasteiger partial charge on any atom is -0.478 e. The van der Waals surface area contributed by atoms with Gasteiger partial charge < -0.3 is 15.6 Å². The van der Waals surface area contributed by atoms with Gasteiger partial charge in [0, 0.05) is 6.20 Å². The molecule has 19 heavy (non-hydrogen) atoms. The Kier molecular flexibility index (Phi) is 3.37. The number of pyridine rings is 1. The number of nitrogen functional groups attached to an aromatic ring is 1. The summed E-state index contributed by atoms with van der Waals surface area (Å²) in [6, 6.07) is 7.01. The summed E-state index contributed by atoms with van der Waals surface area (Å²) in [7, 11) is 0. The largest absolute Gasteiger partial charge is 0.478 e. The first-order chi connectivity index (χ1) is 8.99. The second kappa shape index (κ2) is 4.97. The van der Waals surface area contributed by atoms with Gasteiger partial charge in [-0.25, -0.2) is 9.78 Å². The van der Waals surface area contributed by atoms with Crippen molar-refractivity contribution in [2.45, 2.75) is 13.8 Å². The van der Waals surface area contributed by atoms with Crippen molar-refractivity contribution in [3.63, 3.8) is 0 Å². The maximum Gasteiger partial charge on any atom is 0.338 e. The van der Waals surface area contributed by atoms with Crippen LogP contribution < -0.4 is 10.5 Å². The lowest BCUT2D eigenvalue weighted by Crippen LogP contribution is -2.05. The molecule has 0 spiro atoms. The Labute approximate surface area is 110 Å². The molecule has 0 aliphatic rings. The molecule has 0 radical (unpaired) electrons. The number of nitrogens with two attached hydrogens (primary N) is 1. The number of hydrogen-bond acceptors (Lipinski definition) is 4. The quantitative estimate of drug-likeness (QED) is 0.884. The monoisotopic (exact) mass is 258 g/mol. The molecule has 0 aliphatic carbocycles. The summed E-state index contributed by atoms with van der Waals surface area (Å²) in [5.74, 6) is -0.399. The highest BCUT2D eigenvalue weighted by atomic mass is 16.5. The van der Waals surface area contributed by atoms with Crippen molar-refractivity contribution in [3.05, 3.63) is 47.2 Å². The molecule has 1 heterocycles. The summed E-state index contributed by atoms with van der Waals surface area (Å²) in [4.78, 5) is 14.9. The van der Waals surface area contributed by atoms with Crippen LogP contribution in [0.1, 0.15) is 21.5 Å². The van der Waals surface area contributed by atoms with Crippen molar-refractivity contribution in [1.29, 1.82) is 0 Å². The topological polar surface area (TPSA) is 85.4 Å². The predicted octanol–water partition coefficient (Wildman–Crippen LogP) is 2.77. The van der Waals surface area contributed by atoms with E-state index in [-0.39, 0.29) is 17.1 Å². The van der Waals surface area contributed by atoms with E-state index < -0.39 is 5.97 Å². The van der Waals surface area contributed by atoms with Gasteiger partial charge in [-0.2, -0.15) is 0 Å². The van der Waals surface area contributed by atoms with Crippen LogP contribution in [0.3, 0.4) is 0 Å². The molecule has 2 rings (SSSR count). The number of ether oxygens (including phenoxy) is 1. The van der Waals surface area contributed by atoms with Crippen molar-refractivity contribution in [2.24, 2.45) is 0 Å². The van der Waals surface area contributed by atoms with Crippen LogP contribution in [0.4, 0.5) is 5.69 Å². The third kappa shape index (κ3) is 2.65. The third-order valence-electron chi connectivity index (χ3n) is 2.72. The number of aromatic carboxylic acids is 1. The zero-order valence-electron chi connectivity index (χ0n) is 10.7. The molecule has 0 saturated carbocycles. The van der Waals surface area contributed by atoms with Gasteiger partial charge in [0.05, 0.1) is 5.56 Å². The van der Waals surface area contributed by atoms with Crippen molar-refractivity contribution in [1.82, 2.24) is 4.98 Å². The first-order valence-corrected chi connectivity index (χ1v) is 5.72. The Balaban J connectivity index is 2.38. The Morgan fingerprint density at radius 1 is 1.32 bits per heavy atom. The van der Waals surface area contributed by atoms with Crippen molar-refractivity contribution >= 4 is 11.7 Å². The van der Waals surface area contributed by atoms with Crippen LogP contribution >= 0.6 is 0 Å². The van der Waals surface area contributed by atoms with Crippen molar-refractivity contribution < 1.29 is 14.6 Å². The summed E-state index contributed by atoms with van der Waals surface area (Å²) in [5.41, 5.74) is 7.80. The fourth-order valence-electron chi connectivity index (χ4n) is 1.74. The molecule has 2 aromatic rings. The first kappa shape index (κ1) is 12.9. The van der Waals surface area contributed by atoms with Crippen LogP contribution in [0.25, 0.3) is 0 Å². The fraction of sp³-hybridized carbons (Fsp3) is 0.143. The number of carboxylic acids is 1. The fourth-order valence-corrected chi connectivity index (χ4v) is 1.74. The molecule has 1 aromatic carbocycles. The van der Waals surface area contributed by atoms with Crippen LogP contribution in [0.5, 0.6) is 11.6 Å². The second-order valence-corrected chi connectivity index (χ2v) is 4.25. The second-order valence-electron chi connectivity index (χ2n) is 4.25. The van der Waals surface area contributed by atoms with Crippen LogP contribution in [0.15, 0.2) is 30.5 Å². The maximum atomic E-state index is 11.0. The number of carbonyl (C=O) groups is 1. The summed E-state index contributed by atoms with van der Waals surface area (Å²) in [6.07, 6.45) is 1.36. The van der Waals surface area contributed by atoms with E-state index >= 15 is 0 Å². The molecule has 1 aromatic heterocycles. The molecule has 0 fully saturated rings. The Morgan fingerprint density at radius 3 is 2.68 bits per heavy atom. The smallest absolute Gasteiger partial charge is 0.338 e. The van der Waals surface area contributed by atoms with E-state index in [9.17, 15) is 4.79 Å². The highest BCUT2D eigenvalue weighted by molar-refractivity contribution is 5.94. The number of aromatic nitrogens is 1. The van der Waals surface area contributed by atoms with Gasteiger partial charge >= 0.3 is 5.97 Å². The minimum atomic E-state index is -1.11. The van der Waals surface area contributed by atoms with E-state index in [2.05, 4.69) is 4.98 Å². The van der Waals surface area contributed by atoms with E-state index in [1.165, 1.54) is 12.3 Å². The standard InChI is InChI=1S/C14H14N2O3/c1-8-3-4-11(9(2)7-8)19-13-12(15)10(14(17)18)5-6-16-13/h3-7H,15H2,1-2H3,(H,17,18). The van der Waals surface area contributed by atoms with Crippen LogP contribution in [-0.4, -0.2) is 16.1 Å². The lowest BCUT2D eigenvalue weighted by atomic mass is 10.1. The van der Waals surface area contributed by atoms with E-state index in [1.54, 1.807) is 6.07 Å². The van der Waals surface area contributed by atoms with Gasteiger partial charge in [-0.05, 0) is 31.5 Å². The number of aryl methyl sites for hydroxylation is 2. The highest BCUT2D eigenvalue weighted by Gasteiger charge is 2.14. The molecular weight excluding hydrogens is 244 g/mol. The lowest BCUT2D eigenvalue weighted by molar-refractivity contribution is 0.0697. The molecule has 3 N–H and O–H groups in total. The SMILES string of the molecule is Cc1ccc(Oc2nccc(C(=O)O)c2N)c(C)c1. The number of carboxylic acid groups (broad SMARTS) is 1. The summed E-state index contributed by atoms with van der Waals surface area (Å²) in [5, 5.41) is 8.98. The number of anilines is 1. The molecule has 0 bridgehead atoms. The number of benzene rings is 1. The van der Waals surface area contributed by atoms with Gasteiger partial charge in [0.15, 0.2) is 0 Å². The van der Waals surface area contributed by atoms with E-state index in [4.69, 9.17) is 15.6 Å². The minimum absolute atomic E-state index is 0.0187. The number of hydrogen-bond donors (Lipinski definition) is 2. The third-order valence-corrected chi connectivity index (χ3v) is 2.72. The average Bonchev–Trinajstić information content (AvgIpc) is 2.34.